The number of carbonyl (C=O) groups is 1. The molecule has 0 radical (unpaired) electrons. The number of benzene rings is 1. The van der Waals surface area contributed by atoms with Crippen molar-refractivity contribution in [2.24, 2.45) is 10.9 Å². The number of urea groups is 1. The number of amides is 2. The third kappa shape index (κ3) is 2.98. The molecule has 2 rings (SSSR count). The second-order valence-electron chi connectivity index (χ2n) is 4.86. The molecular formula is C13H17FN4O2. The van der Waals surface area contributed by atoms with Gasteiger partial charge < -0.3 is 21.6 Å². The Hall–Kier alpha value is -2.31. The monoisotopic (exact) mass is 280 g/mol. The summed E-state index contributed by atoms with van der Waals surface area (Å²) in [7, 11) is 0. The number of amidine groups is 1. The first-order chi connectivity index (χ1) is 9.55. The lowest BCUT2D eigenvalue weighted by molar-refractivity contribution is 0.243. The Bertz CT molecular complexity index is 510. The number of hydrogen-bond acceptors (Lipinski definition) is 3. The SMILES string of the molecule is N/C(=N/O)C1(NC(=O)Nc2ccc(F)cc2)CCCC1. The van der Waals surface area contributed by atoms with Gasteiger partial charge in [-0.25, -0.2) is 9.18 Å². The number of carbonyl (C=O) groups excluding carboxylic acids is 1. The minimum atomic E-state index is -0.807. The maximum atomic E-state index is 12.8. The van der Waals surface area contributed by atoms with E-state index in [0.29, 0.717) is 18.5 Å². The second kappa shape index (κ2) is 5.77. The fourth-order valence-corrected chi connectivity index (χ4v) is 2.43. The minimum absolute atomic E-state index is 0.00394. The molecule has 7 heteroatoms. The molecule has 1 fully saturated rings. The quantitative estimate of drug-likeness (QED) is 0.295. The van der Waals surface area contributed by atoms with Crippen LogP contribution in [0.4, 0.5) is 14.9 Å². The summed E-state index contributed by atoms with van der Waals surface area (Å²) in [4.78, 5) is 12.0. The summed E-state index contributed by atoms with van der Waals surface area (Å²) in [6.45, 7) is 0. The average Bonchev–Trinajstić information content (AvgIpc) is 2.90. The highest BCUT2D eigenvalue weighted by Crippen LogP contribution is 2.30. The largest absolute Gasteiger partial charge is 0.409 e. The van der Waals surface area contributed by atoms with Gasteiger partial charge in [-0.05, 0) is 37.1 Å². The van der Waals surface area contributed by atoms with Crippen LogP contribution in [0.15, 0.2) is 29.4 Å². The molecule has 0 heterocycles. The van der Waals surface area contributed by atoms with Gasteiger partial charge in [0.15, 0.2) is 5.84 Å². The third-order valence-corrected chi connectivity index (χ3v) is 3.51. The number of nitrogens with two attached hydrogens (primary N) is 1. The summed E-state index contributed by atoms with van der Waals surface area (Å²) >= 11 is 0. The predicted molar refractivity (Wildman–Crippen MR) is 73.2 cm³/mol. The fraction of sp³-hybridized carbons (Fsp3) is 0.385. The van der Waals surface area contributed by atoms with Gasteiger partial charge >= 0.3 is 6.03 Å². The highest BCUT2D eigenvalue weighted by Gasteiger charge is 2.39. The Morgan fingerprint density at radius 2 is 1.90 bits per heavy atom. The van der Waals surface area contributed by atoms with E-state index < -0.39 is 11.6 Å². The van der Waals surface area contributed by atoms with Crippen molar-refractivity contribution in [2.75, 3.05) is 5.32 Å². The lowest BCUT2D eigenvalue weighted by Crippen LogP contribution is -2.56. The van der Waals surface area contributed by atoms with Gasteiger partial charge in [0.25, 0.3) is 0 Å². The molecule has 6 nitrogen and oxygen atoms in total. The van der Waals surface area contributed by atoms with Crippen molar-refractivity contribution in [3.05, 3.63) is 30.1 Å². The lowest BCUT2D eigenvalue weighted by Gasteiger charge is -2.28. The molecule has 0 aliphatic heterocycles. The summed E-state index contributed by atoms with van der Waals surface area (Å²) in [6, 6.07) is 4.96. The minimum Gasteiger partial charge on any atom is -0.409 e. The Balaban J connectivity index is 2.04. The summed E-state index contributed by atoms with van der Waals surface area (Å²) < 4.78 is 12.8. The number of rotatable bonds is 3. The van der Waals surface area contributed by atoms with Crippen molar-refractivity contribution < 1.29 is 14.4 Å². The standard InChI is InChI=1S/C13H17FN4O2/c14-9-3-5-10(6-4-9)16-12(19)17-13(11(15)18-20)7-1-2-8-13/h3-6,20H,1-2,7-8H2,(H2,15,18)(H2,16,17,19). The highest BCUT2D eigenvalue weighted by atomic mass is 19.1. The maximum absolute atomic E-state index is 12.8. The van der Waals surface area contributed by atoms with Crippen LogP contribution >= 0.6 is 0 Å². The number of nitrogens with zero attached hydrogens (tertiary/aromatic N) is 1. The summed E-state index contributed by atoms with van der Waals surface area (Å²) in [5.41, 5.74) is 5.35. The van der Waals surface area contributed by atoms with E-state index in [4.69, 9.17) is 10.9 Å². The molecule has 2 amide bonds. The Morgan fingerprint density at radius 1 is 1.30 bits per heavy atom. The number of hydrogen-bond donors (Lipinski definition) is 4. The maximum Gasteiger partial charge on any atom is 0.320 e. The van der Waals surface area contributed by atoms with Gasteiger partial charge in [0.1, 0.15) is 11.4 Å². The first kappa shape index (κ1) is 14.1. The van der Waals surface area contributed by atoms with Gasteiger partial charge in [0.2, 0.25) is 0 Å². The molecule has 0 atom stereocenters. The van der Waals surface area contributed by atoms with Crippen molar-refractivity contribution in [3.8, 4) is 0 Å². The zero-order valence-corrected chi connectivity index (χ0v) is 10.9. The van der Waals surface area contributed by atoms with Gasteiger partial charge in [-0.15, -0.1) is 0 Å². The van der Waals surface area contributed by atoms with E-state index in [1.54, 1.807) is 0 Å². The van der Waals surface area contributed by atoms with Crippen molar-refractivity contribution in [2.45, 2.75) is 31.2 Å². The molecule has 0 unspecified atom stereocenters. The molecule has 20 heavy (non-hydrogen) atoms. The smallest absolute Gasteiger partial charge is 0.320 e. The van der Waals surface area contributed by atoms with Crippen LogP contribution in [-0.2, 0) is 0 Å². The van der Waals surface area contributed by atoms with E-state index in [2.05, 4.69) is 15.8 Å². The molecule has 0 aromatic heterocycles. The summed E-state index contributed by atoms with van der Waals surface area (Å²) in [6.07, 6.45) is 3.04. The van der Waals surface area contributed by atoms with Crippen LogP contribution in [0.5, 0.6) is 0 Å². The van der Waals surface area contributed by atoms with Crippen LogP contribution in [0.2, 0.25) is 0 Å². The first-order valence-corrected chi connectivity index (χ1v) is 6.38. The van der Waals surface area contributed by atoms with Crippen LogP contribution in [0.3, 0.4) is 0 Å². The third-order valence-electron chi connectivity index (χ3n) is 3.51. The number of nitrogens with one attached hydrogen (secondary N) is 2. The molecule has 108 valence electrons. The van der Waals surface area contributed by atoms with Gasteiger partial charge in [0, 0.05) is 5.69 Å². The first-order valence-electron chi connectivity index (χ1n) is 6.38. The van der Waals surface area contributed by atoms with Crippen LogP contribution < -0.4 is 16.4 Å². The van der Waals surface area contributed by atoms with Crippen LogP contribution in [0, 0.1) is 5.82 Å². The predicted octanol–water partition coefficient (Wildman–Crippen LogP) is 2.01. The van der Waals surface area contributed by atoms with Crippen molar-refractivity contribution in [1.82, 2.24) is 5.32 Å². The Labute approximate surface area is 115 Å². The number of oxime groups is 1. The van der Waals surface area contributed by atoms with E-state index in [1.807, 2.05) is 0 Å². The van der Waals surface area contributed by atoms with E-state index in [9.17, 15) is 9.18 Å². The topological polar surface area (TPSA) is 99.7 Å². The van der Waals surface area contributed by atoms with Crippen molar-refractivity contribution in [3.63, 3.8) is 0 Å². The highest BCUT2D eigenvalue weighted by molar-refractivity contribution is 5.97. The summed E-state index contributed by atoms with van der Waals surface area (Å²) in [5, 5.41) is 17.2. The number of anilines is 1. The molecule has 0 spiro atoms. The normalized spacial score (nSPS) is 17.8. The molecule has 0 saturated heterocycles. The van der Waals surface area contributed by atoms with Gasteiger partial charge in [-0.1, -0.05) is 18.0 Å². The molecule has 1 aromatic rings. The van der Waals surface area contributed by atoms with Crippen LogP contribution in [0.1, 0.15) is 25.7 Å². The van der Waals surface area contributed by atoms with Crippen molar-refractivity contribution in [1.29, 1.82) is 0 Å². The fourth-order valence-electron chi connectivity index (χ4n) is 2.43. The molecule has 0 bridgehead atoms. The van der Waals surface area contributed by atoms with Crippen molar-refractivity contribution >= 4 is 17.6 Å². The van der Waals surface area contributed by atoms with Gasteiger partial charge in [-0.3, -0.25) is 0 Å². The van der Waals surface area contributed by atoms with E-state index in [1.165, 1.54) is 24.3 Å². The molecular weight excluding hydrogens is 263 g/mol. The van der Waals surface area contributed by atoms with Gasteiger partial charge in [0.05, 0.1) is 0 Å². The Morgan fingerprint density at radius 3 is 2.45 bits per heavy atom. The van der Waals surface area contributed by atoms with Crippen LogP contribution in [-0.4, -0.2) is 22.6 Å². The Kier molecular flexibility index (Phi) is 4.07. The zero-order valence-electron chi connectivity index (χ0n) is 10.9. The second-order valence-corrected chi connectivity index (χ2v) is 4.86. The number of halogens is 1. The molecule has 5 N–H and O–H groups in total. The zero-order chi connectivity index (χ0) is 14.6. The van der Waals surface area contributed by atoms with E-state index in [-0.39, 0.29) is 11.7 Å². The van der Waals surface area contributed by atoms with E-state index >= 15 is 0 Å². The molecule has 1 aliphatic carbocycles. The summed E-state index contributed by atoms with van der Waals surface area (Å²) in [5.74, 6) is -0.371. The lowest BCUT2D eigenvalue weighted by atomic mass is 9.96. The van der Waals surface area contributed by atoms with Crippen LogP contribution in [0.25, 0.3) is 0 Å². The van der Waals surface area contributed by atoms with E-state index in [0.717, 1.165) is 12.8 Å². The average molecular weight is 280 g/mol. The molecule has 1 saturated carbocycles. The van der Waals surface area contributed by atoms with Gasteiger partial charge in [-0.2, -0.15) is 0 Å². The molecule has 1 aromatic carbocycles. The molecule has 1 aliphatic rings.